The van der Waals surface area contributed by atoms with Crippen molar-refractivity contribution < 1.29 is 4.79 Å². The first-order chi connectivity index (χ1) is 7.63. The molecule has 0 aromatic carbocycles. The minimum absolute atomic E-state index is 0.0589. The largest absolute Gasteiger partial charge is 0.337 e. The average Bonchev–Trinajstić information content (AvgIpc) is 2.26. The number of hydrogen-bond donors (Lipinski definition) is 0. The van der Waals surface area contributed by atoms with Gasteiger partial charge in [-0.3, -0.25) is 4.79 Å². The first kappa shape index (κ1) is 15.2. The fourth-order valence-electron chi connectivity index (χ4n) is 1.80. The zero-order valence-electron chi connectivity index (χ0n) is 11.2. The molecule has 0 aliphatic rings. The molecule has 0 aliphatic carbocycles. The summed E-state index contributed by atoms with van der Waals surface area (Å²) in [7, 11) is 0. The van der Waals surface area contributed by atoms with E-state index in [1.54, 1.807) is 0 Å². The lowest BCUT2D eigenvalue weighted by atomic mass is 10.1. The predicted octanol–water partition coefficient (Wildman–Crippen LogP) is 3.77. The Labute approximate surface area is 101 Å². The van der Waals surface area contributed by atoms with Crippen molar-refractivity contribution in [1.29, 1.82) is 0 Å². The third-order valence-electron chi connectivity index (χ3n) is 2.83. The van der Waals surface area contributed by atoms with E-state index in [1.165, 1.54) is 38.2 Å². The predicted molar refractivity (Wildman–Crippen MR) is 70.4 cm³/mol. The van der Waals surface area contributed by atoms with E-state index in [0.29, 0.717) is 0 Å². The quantitative estimate of drug-likeness (QED) is 0.432. The van der Waals surface area contributed by atoms with Crippen LogP contribution in [-0.4, -0.2) is 23.4 Å². The fraction of sp³-hybridized carbons (Fsp3) is 0.786. The van der Waals surface area contributed by atoms with Gasteiger partial charge in [0.1, 0.15) is 0 Å². The Morgan fingerprint density at radius 3 is 2.25 bits per heavy atom. The number of nitrogens with zero attached hydrogens (tertiary/aromatic N) is 1. The Hall–Kier alpha value is -0.790. The third-order valence-corrected chi connectivity index (χ3v) is 2.83. The summed E-state index contributed by atoms with van der Waals surface area (Å²) in [6.45, 7) is 10.7. The van der Waals surface area contributed by atoms with Crippen LogP contribution in [-0.2, 0) is 4.79 Å². The number of carbonyl (C=O) groups excluding carboxylic acids is 1. The topological polar surface area (TPSA) is 20.3 Å². The smallest absolute Gasteiger partial charge is 0.246 e. The van der Waals surface area contributed by atoms with Crippen molar-refractivity contribution in [3.05, 3.63) is 12.7 Å². The Morgan fingerprint density at radius 2 is 1.75 bits per heavy atom. The molecule has 0 saturated carbocycles. The molecule has 94 valence electrons. The zero-order chi connectivity index (χ0) is 12.4. The molecule has 0 fully saturated rings. The maximum absolute atomic E-state index is 11.5. The molecule has 2 heteroatoms. The second kappa shape index (κ2) is 9.44. The van der Waals surface area contributed by atoms with Gasteiger partial charge in [0.05, 0.1) is 0 Å². The van der Waals surface area contributed by atoms with E-state index >= 15 is 0 Å². The van der Waals surface area contributed by atoms with Crippen molar-refractivity contribution in [1.82, 2.24) is 4.90 Å². The zero-order valence-corrected chi connectivity index (χ0v) is 11.2. The Bertz CT molecular complexity index is 199. The first-order valence-electron chi connectivity index (χ1n) is 6.56. The molecule has 0 unspecified atom stereocenters. The Kier molecular flexibility index (Phi) is 8.97. The molecule has 0 saturated heterocycles. The van der Waals surface area contributed by atoms with E-state index in [1.807, 2.05) is 4.90 Å². The van der Waals surface area contributed by atoms with Crippen LogP contribution in [0, 0.1) is 0 Å². The van der Waals surface area contributed by atoms with Crippen molar-refractivity contribution in [2.24, 2.45) is 0 Å². The van der Waals surface area contributed by atoms with Gasteiger partial charge in [0.2, 0.25) is 5.91 Å². The number of rotatable bonds is 9. The molecular weight excluding hydrogens is 198 g/mol. The lowest BCUT2D eigenvalue weighted by Crippen LogP contribution is -2.36. The van der Waals surface area contributed by atoms with Crippen LogP contribution < -0.4 is 0 Å². The number of carbonyl (C=O) groups is 1. The van der Waals surface area contributed by atoms with Crippen LogP contribution in [0.1, 0.15) is 59.3 Å². The molecule has 2 nitrogen and oxygen atoms in total. The molecule has 0 aliphatic heterocycles. The van der Waals surface area contributed by atoms with Gasteiger partial charge in [-0.05, 0) is 26.3 Å². The Balaban J connectivity index is 3.69. The van der Waals surface area contributed by atoms with E-state index < -0.39 is 0 Å². The second-order valence-corrected chi connectivity index (χ2v) is 4.60. The van der Waals surface area contributed by atoms with Crippen molar-refractivity contribution in [3.63, 3.8) is 0 Å². The summed E-state index contributed by atoms with van der Waals surface area (Å²) >= 11 is 0. The SMILES string of the molecule is C=CC(=O)N(CCCCCCCC)C(C)C. The van der Waals surface area contributed by atoms with Gasteiger partial charge < -0.3 is 4.90 Å². The Morgan fingerprint density at radius 1 is 1.19 bits per heavy atom. The monoisotopic (exact) mass is 225 g/mol. The van der Waals surface area contributed by atoms with Crippen LogP contribution in [0.3, 0.4) is 0 Å². The minimum Gasteiger partial charge on any atom is -0.337 e. The van der Waals surface area contributed by atoms with Gasteiger partial charge in [-0.15, -0.1) is 0 Å². The van der Waals surface area contributed by atoms with Crippen LogP contribution in [0.4, 0.5) is 0 Å². The number of amides is 1. The summed E-state index contributed by atoms with van der Waals surface area (Å²) in [5, 5.41) is 0. The molecule has 0 radical (unpaired) electrons. The first-order valence-corrected chi connectivity index (χ1v) is 6.56. The van der Waals surface area contributed by atoms with Gasteiger partial charge >= 0.3 is 0 Å². The maximum Gasteiger partial charge on any atom is 0.246 e. The van der Waals surface area contributed by atoms with E-state index in [9.17, 15) is 4.79 Å². The van der Waals surface area contributed by atoms with Gasteiger partial charge in [0.25, 0.3) is 0 Å². The standard InChI is InChI=1S/C14H27NO/c1-5-7-8-9-10-11-12-15(13(3)4)14(16)6-2/h6,13H,2,5,7-12H2,1,3-4H3. The molecule has 0 atom stereocenters. The van der Waals surface area contributed by atoms with Crippen LogP contribution in [0.2, 0.25) is 0 Å². The molecule has 0 aromatic heterocycles. The average molecular weight is 225 g/mol. The van der Waals surface area contributed by atoms with Crippen LogP contribution in [0.25, 0.3) is 0 Å². The van der Waals surface area contributed by atoms with Gasteiger partial charge in [-0.2, -0.15) is 0 Å². The van der Waals surface area contributed by atoms with Gasteiger partial charge in [0.15, 0.2) is 0 Å². The van der Waals surface area contributed by atoms with Crippen molar-refractivity contribution in [2.45, 2.75) is 65.3 Å². The lowest BCUT2D eigenvalue weighted by molar-refractivity contribution is -0.127. The maximum atomic E-state index is 11.5. The van der Waals surface area contributed by atoms with Crippen LogP contribution in [0.5, 0.6) is 0 Å². The lowest BCUT2D eigenvalue weighted by Gasteiger charge is -2.25. The number of unbranched alkanes of at least 4 members (excludes halogenated alkanes) is 5. The molecule has 0 aromatic rings. The summed E-state index contributed by atoms with van der Waals surface area (Å²) in [5.41, 5.74) is 0. The molecule has 0 bridgehead atoms. The van der Waals surface area contributed by atoms with Crippen molar-refractivity contribution in [2.75, 3.05) is 6.54 Å². The normalized spacial score (nSPS) is 10.5. The van der Waals surface area contributed by atoms with E-state index in [2.05, 4.69) is 27.4 Å². The molecule has 0 spiro atoms. The van der Waals surface area contributed by atoms with Gasteiger partial charge in [0, 0.05) is 12.6 Å². The second-order valence-electron chi connectivity index (χ2n) is 4.60. The van der Waals surface area contributed by atoms with E-state index in [0.717, 1.165) is 13.0 Å². The van der Waals surface area contributed by atoms with Gasteiger partial charge in [-0.25, -0.2) is 0 Å². The molecular formula is C14H27NO. The summed E-state index contributed by atoms with van der Waals surface area (Å²) < 4.78 is 0. The fourth-order valence-corrected chi connectivity index (χ4v) is 1.80. The highest BCUT2D eigenvalue weighted by molar-refractivity contribution is 5.87. The molecule has 0 heterocycles. The summed E-state index contributed by atoms with van der Waals surface area (Å²) in [5.74, 6) is 0.0589. The highest BCUT2D eigenvalue weighted by Gasteiger charge is 2.12. The third kappa shape index (κ3) is 6.65. The molecule has 0 rings (SSSR count). The molecule has 0 N–H and O–H groups in total. The highest BCUT2D eigenvalue weighted by atomic mass is 16.2. The van der Waals surface area contributed by atoms with E-state index in [4.69, 9.17) is 0 Å². The number of hydrogen-bond acceptors (Lipinski definition) is 1. The van der Waals surface area contributed by atoms with Crippen LogP contribution >= 0.6 is 0 Å². The molecule has 16 heavy (non-hydrogen) atoms. The van der Waals surface area contributed by atoms with E-state index in [-0.39, 0.29) is 11.9 Å². The van der Waals surface area contributed by atoms with Crippen LogP contribution in [0.15, 0.2) is 12.7 Å². The van der Waals surface area contributed by atoms with Crippen molar-refractivity contribution >= 4 is 5.91 Å². The minimum atomic E-state index is 0.0589. The summed E-state index contributed by atoms with van der Waals surface area (Å²) in [6.07, 6.45) is 8.99. The van der Waals surface area contributed by atoms with Crippen molar-refractivity contribution in [3.8, 4) is 0 Å². The highest BCUT2D eigenvalue weighted by Crippen LogP contribution is 2.08. The summed E-state index contributed by atoms with van der Waals surface area (Å²) in [6, 6.07) is 0.279. The molecule has 1 amide bonds. The summed E-state index contributed by atoms with van der Waals surface area (Å²) in [4.78, 5) is 13.4. The van der Waals surface area contributed by atoms with Gasteiger partial charge in [-0.1, -0.05) is 45.6 Å².